The molecule has 1 aromatic carbocycles. The topological polar surface area (TPSA) is 164 Å². The van der Waals surface area contributed by atoms with E-state index in [2.05, 4.69) is 5.32 Å². The molecule has 30 heavy (non-hydrogen) atoms. The lowest BCUT2D eigenvalue weighted by Crippen LogP contribution is -2.68. The molecule has 1 fully saturated rings. The van der Waals surface area contributed by atoms with Gasteiger partial charge in [-0.05, 0) is 41.9 Å². The summed E-state index contributed by atoms with van der Waals surface area (Å²) in [5.74, 6) is 0. The van der Waals surface area contributed by atoms with Crippen LogP contribution in [-0.4, -0.2) is 74.1 Å². The zero-order valence-corrected chi connectivity index (χ0v) is 18.3. The molecule has 2 rings (SSSR count). The van der Waals surface area contributed by atoms with Crippen LogP contribution in [0.15, 0.2) is 34.1 Å². The molecule has 0 saturated carbocycles. The summed E-state index contributed by atoms with van der Waals surface area (Å²) in [6, 6.07) is 3.05. The minimum absolute atomic E-state index is 0.229. The lowest BCUT2D eigenvalue weighted by molar-refractivity contribution is -0.856. The Balaban J connectivity index is 2.86. The molecule has 1 saturated heterocycles. The first-order valence-corrected chi connectivity index (χ1v) is 11.9. The highest BCUT2D eigenvalue weighted by Crippen LogP contribution is 2.32. The van der Waals surface area contributed by atoms with Crippen molar-refractivity contribution in [3.05, 3.63) is 24.3 Å². The van der Waals surface area contributed by atoms with E-state index < -0.39 is 64.6 Å². The van der Waals surface area contributed by atoms with Gasteiger partial charge in [-0.25, -0.2) is 18.0 Å². The molecular formula is C16H22N3O9S2+. The molecule has 1 aliphatic rings. The highest BCUT2D eigenvalue weighted by atomic mass is 32.2. The highest BCUT2D eigenvalue weighted by Gasteiger charge is 2.64. The number of sulfonamides is 1. The summed E-state index contributed by atoms with van der Waals surface area (Å²) in [5.41, 5.74) is -1.25. The second kappa shape index (κ2) is 7.52. The van der Waals surface area contributed by atoms with Gasteiger partial charge in [0.1, 0.15) is 17.0 Å². The van der Waals surface area contributed by atoms with Crippen molar-refractivity contribution in [3.8, 4) is 0 Å². The molecule has 0 radical (unpaired) electrons. The lowest BCUT2D eigenvalue weighted by atomic mass is 10.2. The summed E-state index contributed by atoms with van der Waals surface area (Å²) in [4.78, 5) is 35.9. The summed E-state index contributed by atoms with van der Waals surface area (Å²) < 4.78 is 54.0. The van der Waals surface area contributed by atoms with E-state index in [-0.39, 0.29) is 11.0 Å². The van der Waals surface area contributed by atoms with Crippen LogP contribution < -0.4 is 5.32 Å². The maximum Gasteiger partial charge on any atom is 0.549 e. The molecule has 0 spiro atoms. The monoisotopic (exact) mass is 464 g/mol. The van der Waals surface area contributed by atoms with Gasteiger partial charge in [-0.2, -0.15) is 13.2 Å². The Morgan fingerprint density at radius 2 is 1.67 bits per heavy atom. The van der Waals surface area contributed by atoms with Crippen molar-refractivity contribution < 1.29 is 45.7 Å². The second-order valence-electron chi connectivity index (χ2n) is 7.45. The van der Waals surface area contributed by atoms with Crippen molar-refractivity contribution >= 4 is 38.1 Å². The fourth-order valence-corrected chi connectivity index (χ4v) is 5.89. The Hall–Kier alpha value is -2.71. The Labute approximate surface area is 173 Å². The van der Waals surface area contributed by atoms with E-state index in [1.807, 2.05) is 0 Å². The van der Waals surface area contributed by atoms with E-state index in [4.69, 9.17) is 4.74 Å². The minimum atomic E-state index is -5.20. The molecule has 14 heteroatoms. The van der Waals surface area contributed by atoms with Gasteiger partial charge in [0.05, 0.1) is 11.4 Å². The zero-order chi connectivity index (χ0) is 23.1. The van der Waals surface area contributed by atoms with Gasteiger partial charge in [0.15, 0.2) is 9.84 Å². The average molecular weight is 464 g/mol. The number of amides is 4. The molecule has 2 N–H and O–H groups in total. The Kier molecular flexibility index (Phi) is 5.91. The van der Waals surface area contributed by atoms with Crippen molar-refractivity contribution in [2.75, 3.05) is 19.3 Å². The second-order valence-corrected chi connectivity index (χ2v) is 11.2. The lowest BCUT2D eigenvalue weighted by Gasteiger charge is -2.34. The smallest absolute Gasteiger partial charge is 0.440 e. The number of carboxylic acid groups (broad SMARTS) is 1. The number of nitrogens with zero attached hydrogens (tertiary/aromatic N) is 2. The third-order valence-electron chi connectivity index (χ3n) is 3.98. The summed E-state index contributed by atoms with van der Waals surface area (Å²) in [6.07, 6.45) is -2.86. The van der Waals surface area contributed by atoms with Crippen LogP contribution in [0.25, 0.3) is 0 Å². The number of carbonyl (C=O) groups excluding carboxylic acids is 2. The number of ether oxygens (including phenoxy) is 1. The van der Waals surface area contributed by atoms with Gasteiger partial charge in [0, 0.05) is 6.26 Å². The molecule has 1 aromatic rings. The van der Waals surface area contributed by atoms with Gasteiger partial charge in [0.2, 0.25) is 0 Å². The normalized spacial score (nSPS) is 19.8. The first kappa shape index (κ1) is 23.6. The molecule has 0 aliphatic carbocycles. The van der Waals surface area contributed by atoms with E-state index in [1.165, 1.54) is 32.9 Å². The summed E-state index contributed by atoms with van der Waals surface area (Å²) in [5, 5.41) is 11.9. The van der Waals surface area contributed by atoms with Crippen LogP contribution in [0.1, 0.15) is 20.8 Å². The Morgan fingerprint density at radius 3 is 2.07 bits per heavy atom. The average Bonchev–Trinajstić information content (AvgIpc) is 2.94. The SMILES string of the molecule is CC(C)(C)OC(=O)N([N+]1(C(=O)O)CCNC1=O)S(=O)(=O)c1ccccc1S(C)(=O)=O. The van der Waals surface area contributed by atoms with Crippen molar-refractivity contribution in [2.45, 2.75) is 36.2 Å². The van der Waals surface area contributed by atoms with Gasteiger partial charge in [-0.1, -0.05) is 12.1 Å². The number of quaternary nitrogens is 1. The summed E-state index contributed by atoms with van der Waals surface area (Å²) in [7, 11) is -9.30. The van der Waals surface area contributed by atoms with E-state index in [0.29, 0.717) is 0 Å². The summed E-state index contributed by atoms with van der Waals surface area (Å²) >= 11 is 0. The maximum absolute atomic E-state index is 13.5. The van der Waals surface area contributed by atoms with E-state index >= 15 is 0 Å². The van der Waals surface area contributed by atoms with Gasteiger partial charge >= 0.3 is 28.2 Å². The van der Waals surface area contributed by atoms with E-state index in [0.717, 1.165) is 18.4 Å². The molecule has 0 bridgehead atoms. The van der Waals surface area contributed by atoms with Crippen LogP contribution >= 0.6 is 0 Å². The number of carbonyl (C=O) groups is 3. The molecule has 12 nitrogen and oxygen atoms in total. The zero-order valence-electron chi connectivity index (χ0n) is 16.6. The molecule has 1 heterocycles. The molecule has 4 amide bonds. The number of urea groups is 1. The number of nitrogens with one attached hydrogen (secondary N) is 1. The number of imide groups is 1. The molecular weight excluding hydrogens is 442 g/mol. The van der Waals surface area contributed by atoms with Crippen molar-refractivity contribution in [3.63, 3.8) is 0 Å². The molecule has 0 aromatic heterocycles. The van der Waals surface area contributed by atoms with Crippen LogP contribution in [0.2, 0.25) is 0 Å². The van der Waals surface area contributed by atoms with Crippen molar-refractivity contribution in [2.24, 2.45) is 0 Å². The molecule has 166 valence electrons. The van der Waals surface area contributed by atoms with Crippen LogP contribution in [0, 0.1) is 0 Å². The van der Waals surface area contributed by atoms with Gasteiger partial charge < -0.3 is 9.84 Å². The number of hydrogen-bond acceptors (Lipinski definition) is 8. The molecule has 1 aliphatic heterocycles. The fourth-order valence-electron chi connectivity index (χ4n) is 2.78. The molecule has 1 unspecified atom stereocenters. The van der Waals surface area contributed by atoms with E-state index in [9.17, 15) is 36.3 Å². The fraction of sp³-hybridized carbons (Fsp3) is 0.438. The van der Waals surface area contributed by atoms with Crippen LogP contribution in [0.5, 0.6) is 0 Å². The number of rotatable bonds is 3. The first-order valence-electron chi connectivity index (χ1n) is 8.53. The van der Waals surface area contributed by atoms with Crippen molar-refractivity contribution in [1.29, 1.82) is 0 Å². The Morgan fingerprint density at radius 1 is 1.13 bits per heavy atom. The van der Waals surface area contributed by atoms with Crippen LogP contribution in [0.4, 0.5) is 14.4 Å². The Bertz CT molecular complexity index is 1110. The third-order valence-corrected chi connectivity index (χ3v) is 7.06. The number of benzene rings is 1. The van der Waals surface area contributed by atoms with Gasteiger partial charge in [0.25, 0.3) is 0 Å². The number of sulfone groups is 1. The third kappa shape index (κ3) is 4.11. The predicted octanol–water partition coefficient (Wildman–Crippen LogP) is 1.15. The maximum atomic E-state index is 13.5. The van der Waals surface area contributed by atoms with E-state index in [1.54, 1.807) is 0 Å². The predicted molar refractivity (Wildman–Crippen MR) is 101 cm³/mol. The standard InChI is InChI=1S/C16H21N3O9S2/c1-16(2,3)28-14(21)18(19(15(22)23)10-9-17-13(19)20)30(26,27)12-8-6-5-7-11(12)29(4,24)25/h5-8H,9-10H2,1-4H3,(H-,17,20,22,23)/p+1. The quantitative estimate of drug-likeness (QED) is 0.624. The van der Waals surface area contributed by atoms with Crippen LogP contribution in [-0.2, 0) is 24.6 Å². The highest BCUT2D eigenvalue weighted by molar-refractivity contribution is 7.93. The van der Waals surface area contributed by atoms with Crippen LogP contribution in [0.3, 0.4) is 0 Å². The van der Waals surface area contributed by atoms with Gasteiger partial charge in [-0.3, -0.25) is 5.32 Å². The molecule has 1 atom stereocenters. The largest absolute Gasteiger partial charge is 0.549 e. The number of hydrogen-bond donors (Lipinski definition) is 2. The van der Waals surface area contributed by atoms with Crippen molar-refractivity contribution in [1.82, 2.24) is 9.73 Å². The first-order chi connectivity index (χ1) is 13.5. The summed E-state index contributed by atoms with van der Waals surface area (Å²) in [6.45, 7) is 3.36. The minimum Gasteiger partial charge on any atom is -0.440 e. The van der Waals surface area contributed by atoms with Gasteiger partial charge in [-0.15, -0.1) is 0 Å².